The van der Waals surface area contributed by atoms with Gasteiger partial charge in [0.1, 0.15) is 0 Å². The Kier molecular flexibility index (Phi) is 4.20. The van der Waals surface area contributed by atoms with Crippen molar-refractivity contribution in [3.63, 3.8) is 0 Å². The summed E-state index contributed by atoms with van der Waals surface area (Å²) in [6, 6.07) is -0.0676. The van der Waals surface area contributed by atoms with E-state index in [1.807, 2.05) is 0 Å². The third kappa shape index (κ3) is 3.18. The zero-order valence-corrected chi connectivity index (χ0v) is 9.12. The van der Waals surface area contributed by atoms with E-state index in [4.69, 9.17) is 5.73 Å². The summed E-state index contributed by atoms with van der Waals surface area (Å²) in [6.07, 6.45) is 3.51. The van der Waals surface area contributed by atoms with E-state index in [0.717, 1.165) is 25.4 Å². The summed E-state index contributed by atoms with van der Waals surface area (Å²) in [6.45, 7) is 4.28. The van der Waals surface area contributed by atoms with Gasteiger partial charge in [-0.15, -0.1) is 0 Å². The number of hydrogen-bond donors (Lipinski definition) is 2. The second-order valence-electron chi connectivity index (χ2n) is 4.23. The lowest BCUT2D eigenvalue weighted by Crippen LogP contribution is -2.41. The molecule has 0 bridgehead atoms. The molecule has 0 radical (unpaired) electrons. The number of piperidine rings is 1. The van der Waals surface area contributed by atoms with Gasteiger partial charge in [-0.2, -0.15) is 0 Å². The normalized spacial score (nSPS) is 20.4. The molecule has 82 valence electrons. The smallest absolute Gasteiger partial charge is 0.314 e. The van der Waals surface area contributed by atoms with Crippen molar-refractivity contribution in [3.8, 4) is 0 Å². The van der Waals surface area contributed by atoms with Crippen LogP contribution in [0.5, 0.6) is 0 Å². The maximum absolute atomic E-state index is 10.9. The first-order chi connectivity index (χ1) is 6.61. The fourth-order valence-corrected chi connectivity index (χ4v) is 1.98. The van der Waals surface area contributed by atoms with Crippen LogP contribution in [0.1, 0.15) is 26.2 Å². The molecule has 2 amide bonds. The summed E-state index contributed by atoms with van der Waals surface area (Å²) >= 11 is 0. The lowest BCUT2D eigenvalue weighted by atomic mass is 9.91. The molecule has 1 fully saturated rings. The fourth-order valence-electron chi connectivity index (χ4n) is 1.98. The molecule has 1 unspecified atom stereocenters. The molecule has 4 heteroatoms. The number of nitrogens with zero attached hydrogens (tertiary/aromatic N) is 1. The first-order valence-electron chi connectivity index (χ1n) is 5.34. The molecule has 0 spiro atoms. The molecule has 1 rings (SSSR count). The van der Waals surface area contributed by atoms with Gasteiger partial charge in [-0.25, -0.2) is 4.79 Å². The highest BCUT2D eigenvalue weighted by atomic mass is 16.2. The van der Waals surface area contributed by atoms with Gasteiger partial charge >= 0.3 is 6.03 Å². The van der Waals surface area contributed by atoms with E-state index in [9.17, 15) is 4.79 Å². The molecular formula is C10H21N3O. The first kappa shape index (κ1) is 11.3. The van der Waals surface area contributed by atoms with E-state index in [1.165, 1.54) is 12.8 Å². The molecule has 3 N–H and O–H groups in total. The van der Waals surface area contributed by atoms with Crippen molar-refractivity contribution in [3.05, 3.63) is 0 Å². The van der Waals surface area contributed by atoms with Gasteiger partial charge in [0, 0.05) is 13.1 Å². The molecule has 1 aliphatic heterocycles. The van der Waals surface area contributed by atoms with Gasteiger partial charge in [0.05, 0.1) is 0 Å². The van der Waals surface area contributed by atoms with Crippen molar-refractivity contribution in [1.82, 2.24) is 10.2 Å². The lowest BCUT2D eigenvalue weighted by molar-refractivity contribution is 0.188. The third-order valence-corrected chi connectivity index (χ3v) is 3.14. The van der Waals surface area contributed by atoms with Crippen LogP contribution in [0.15, 0.2) is 0 Å². The van der Waals surface area contributed by atoms with Crippen LogP contribution in [-0.4, -0.2) is 37.1 Å². The Morgan fingerprint density at radius 3 is 2.64 bits per heavy atom. The quantitative estimate of drug-likeness (QED) is 0.705. The highest BCUT2D eigenvalue weighted by Gasteiger charge is 2.19. The molecule has 0 aromatic carbocycles. The largest absolute Gasteiger partial charge is 0.351 e. The zero-order chi connectivity index (χ0) is 10.6. The molecule has 0 saturated carbocycles. The van der Waals surface area contributed by atoms with Crippen molar-refractivity contribution in [2.75, 3.05) is 20.1 Å². The lowest BCUT2D eigenvalue weighted by Gasteiger charge is -2.29. The number of nitrogens with one attached hydrogen (secondary N) is 1. The molecule has 14 heavy (non-hydrogen) atoms. The molecule has 0 aromatic rings. The third-order valence-electron chi connectivity index (χ3n) is 3.14. The predicted octanol–water partition coefficient (Wildman–Crippen LogP) is 0.775. The van der Waals surface area contributed by atoms with Gasteiger partial charge < -0.3 is 16.0 Å². The predicted molar refractivity (Wildman–Crippen MR) is 57.0 cm³/mol. The van der Waals surface area contributed by atoms with Crippen LogP contribution in [-0.2, 0) is 0 Å². The molecule has 1 heterocycles. The van der Waals surface area contributed by atoms with Crippen LogP contribution < -0.4 is 11.1 Å². The van der Waals surface area contributed by atoms with Crippen molar-refractivity contribution < 1.29 is 4.79 Å². The number of rotatable bonds is 3. The minimum Gasteiger partial charge on any atom is -0.351 e. The Labute approximate surface area is 85.8 Å². The number of hydrogen-bond acceptors (Lipinski definition) is 2. The van der Waals surface area contributed by atoms with Crippen molar-refractivity contribution in [2.24, 2.45) is 11.7 Å². The maximum Gasteiger partial charge on any atom is 0.314 e. The molecular weight excluding hydrogens is 178 g/mol. The summed E-state index contributed by atoms with van der Waals surface area (Å²) < 4.78 is 0. The highest BCUT2D eigenvalue weighted by molar-refractivity contribution is 5.71. The number of urea groups is 1. The maximum atomic E-state index is 10.9. The fraction of sp³-hybridized carbons (Fsp3) is 0.900. The van der Waals surface area contributed by atoms with Crippen LogP contribution >= 0.6 is 0 Å². The van der Waals surface area contributed by atoms with Gasteiger partial charge in [0.25, 0.3) is 0 Å². The van der Waals surface area contributed by atoms with Gasteiger partial charge in [0.2, 0.25) is 0 Å². The molecule has 1 aliphatic rings. The van der Waals surface area contributed by atoms with Crippen LogP contribution in [0.4, 0.5) is 4.79 Å². The molecule has 1 saturated heterocycles. The zero-order valence-electron chi connectivity index (χ0n) is 9.12. The molecule has 0 aliphatic carbocycles. The van der Waals surface area contributed by atoms with Crippen LogP contribution in [0, 0.1) is 5.92 Å². The number of carbonyl (C=O) groups excluding carboxylic acids is 1. The van der Waals surface area contributed by atoms with Crippen LogP contribution in [0.25, 0.3) is 0 Å². The Morgan fingerprint density at radius 2 is 2.14 bits per heavy atom. The topological polar surface area (TPSA) is 58.4 Å². The molecule has 1 atom stereocenters. The summed E-state index contributed by atoms with van der Waals surface area (Å²) in [7, 11) is 1.77. The summed E-state index contributed by atoms with van der Waals surface area (Å²) in [5.74, 6) is 0.744. The van der Waals surface area contributed by atoms with E-state index in [0.29, 0.717) is 0 Å². The average Bonchev–Trinajstić information content (AvgIpc) is 2.18. The average molecular weight is 199 g/mol. The van der Waals surface area contributed by atoms with E-state index in [-0.39, 0.29) is 12.1 Å². The summed E-state index contributed by atoms with van der Waals surface area (Å²) in [5.41, 5.74) is 5.22. The highest BCUT2D eigenvalue weighted by Crippen LogP contribution is 2.19. The van der Waals surface area contributed by atoms with Crippen molar-refractivity contribution in [2.45, 2.75) is 32.2 Å². The standard InChI is InChI=1S/C10H21N3O/c1-8(13(2)10(11)14)7-9-3-5-12-6-4-9/h8-9,12H,3-7H2,1-2H3,(H2,11,14). The number of carbonyl (C=O) groups is 1. The van der Waals surface area contributed by atoms with Crippen molar-refractivity contribution in [1.29, 1.82) is 0 Å². The van der Waals surface area contributed by atoms with E-state index < -0.39 is 0 Å². The number of primary amides is 1. The Bertz CT molecular complexity index is 190. The van der Waals surface area contributed by atoms with Gasteiger partial charge in [-0.3, -0.25) is 0 Å². The monoisotopic (exact) mass is 199 g/mol. The second-order valence-corrected chi connectivity index (χ2v) is 4.23. The summed E-state index contributed by atoms with van der Waals surface area (Å²) in [5, 5.41) is 3.33. The van der Waals surface area contributed by atoms with Gasteiger partial charge in [0.15, 0.2) is 0 Å². The van der Waals surface area contributed by atoms with Gasteiger partial charge in [-0.1, -0.05) is 0 Å². The van der Waals surface area contributed by atoms with Gasteiger partial charge in [-0.05, 0) is 45.2 Å². The Balaban J connectivity index is 2.31. The van der Waals surface area contributed by atoms with Crippen LogP contribution in [0.3, 0.4) is 0 Å². The number of amides is 2. The molecule has 4 nitrogen and oxygen atoms in total. The van der Waals surface area contributed by atoms with E-state index in [1.54, 1.807) is 11.9 Å². The van der Waals surface area contributed by atoms with E-state index in [2.05, 4.69) is 12.2 Å². The number of nitrogens with two attached hydrogens (primary N) is 1. The second kappa shape index (κ2) is 5.20. The Morgan fingerprint density at radius 1 is 1.57 bits per heavy atom. The Hall–Kier alpha value is -0.770. The van der Waals surface area contributed by atoms with Crippen molar-refractivity contribution >= 4 is 6.03 Å². The minimum absolute atomic E-state index is 0.260. The summed E-state index contributed by atoms with van der Waals surface area (Å²) in [4.78, 5) is 12.5. The first-order valence-corrected chi connectivity index (χ1v) is 5.34. The van der Waals surface area contributed by atoms with Crippen LogP contribution in [0.2, 0.25) is 0 Å². The minimum atomic E-state index is -0.327. The SMILES string of the molecule is CC(CC1CCNCC1)N(C)C(N)=O. The van der Waals surface area contributed by atoms with E-state index >= 15 is 0 Å². The molecule has 0 aromatic heterocycles.